The van der Waals surface area contributed by atoms with Gasteiger partial charge in [-0.25, -0.2) is 18.0 Å². The van der Waals surface area contributed by atoms with E-state index in [-0.39, 0.29) is 22.5 Å². The van der Waals surface area contributed by atoms with Crippen LogP contribution in [-0.2, 0) is 17.5 Å². The minimum atomic E-state index is -4.71. The van der Waals surface area contributed by atoms with Crippen LogP contribution in [-0.4, -0.2) is 41.1 Å². The van der Waals surface area contributed by atoms with Crippen LogP contribution in [0.1, 0.15) is 44.7 Å². The predicted octanol–water partition coefficient (Wildman–Crippen LogP) is 7.93. The number of benzene rings is 3. The first-order chi connectivity index (χ1) is 20.7. The third-order valence-electron chi connectivity index (χ3n) is 7.54. The topological polar surface area (TPSA) is 59.4 Å². The summed E-state index contributed by atoms with van der Waals surface area (Å²) in [6.45, 7) is 6.84. The first kappa shape index (κ1) is 31.2. The maximum absolute atomic E-state index is 14.6. The Morgan fingerprint density at radius 2 is 1.61 bits per heavy atom. The Hall–Kier alpha value is -4.22. The summed E-state index contributed by atoms with van der Waals surface area (Å²) in [7, 11) is 0. The molecule has 1 amide bonds. The lowest BCUT2D eigenvalue weighted by molar-refractivity contribution is -0.136. The van der Waals surface area contributed by atoms with E-state index in [1.54, 1.807) is 32.9 Å². The number of alkyl halides is 3. The Morgan fingerprint density at radius 1 is 0.977 bits per heavy atom. The van der Waals surface area contributed by atoms with Crippen molar-refractivity contribution in [1.82, 2.24) is 15.1 Å². The molecule has 0 aliphatic carbocycles. The summed E-state index contributed by atoms with van der Waals surface area (Å²) in [6, 6.07) is 11.8. The molecule has 234 valence electrons. The molecule has 5 rings (SSSR count). The van der Waals surface area contributed by atoms with Gasteiger partial charge in [-0.05, 0) is 57.7 Å². The number of piperidine rings is 1. The SMILES string of the molecule is CC(C)(C)OC(=O)NCC1CCN(c2ccc(-c3c4cccc(C(F)(F)F)c4nn3Cc3c(F)cc(F)cc3F)cc2)CC1. The van der Waals surface area contributed by atoms with Crippen LogP contribution < -0.4 is 10.2 Å². The number of anilines is 1. The van der Waals surface area contributed by atoms with Crippen molar-refractivity contribution in [2.75, 3.05) is 24.5 Å². The summed E-state index contributed by atoms with van der Waals surface area (Å²) < 4.78 is 90.6. The number of hydrogen-bond donors (Lipinski definition) is 1. The third-order valence-corrected chi connectivity index (χ3v) is 7.54. The van der Waals surface area contributed by atoms with Crippen molar-refractivity contribution in [3.05, 3.63) is 83.2 Å². The van der Waals surface area contributed by atoms with E-state index in [0.717, 1.165) is 42.4 Å². The number of nitrogens with zero attached hydrogens (tertiary/aromatic N) is 3. The first-order valence-electron chi connectivity index (χ1n) is 14.2. The molecule has 1 saturated heterocycles. The highest BCUT2D eigenvalue weighted by Gasteiger charge is 2.35. The summed E-state index contributed by atoms with van der Waals surface area (Å²) in [5, 5.41) is 7.13. The molecule has 12 heteroatoms. The van der Waals surface area contributed by atoms with Gasteiger partial charge in [0.15, 0.2) is 0 Å². The maximum atomic E-state index is 14.6. The summed E-state index contributed by atoms with van der Waals surface area (Å²) in [6.07, 6.45) is -3.48. The zero-order valence-electron chi connectivity index (χ0n) is 24.4. The Balaban J connectivity index is 1.39. The normalized spacial score (nSPS) is 14.7. The van der Waals surface area contributed by atoms with Gasteiger partial charge < -0.3 is 15.0 Å². The molecule has 1 aliphatic rings. The molecule has 44 heavy (non-hydrogen) atoms. The lowest BCUT2D eigenvalue weighted by Gasteiger charge is -2.34. The molecule has 1 fully saturated rings. The molecule has 0 atom stereocenters. The van der Waals surface area contributed by atoms with Crippen LogP contribution in [0.15, 0.2) is 54.6 Å². The van der Waals surface area contributed by atoms with Crippen molar-refractivity contribution < 1.29 is 35.9 Å². The highest BCUT2D eigenvalue weighted by atomic mass is 19.4. The predicted molar refractivity (Wildman–Crippen MR) is 155 cm³/mol. The largest absolute Gasteiger partial charge is 0.444 e. The van der Waals surface area contributed by atoms with E-state index in [1.165, 1.54) is 12.1 Å². The van der Waals surface area contributed by atoms with E-state index in [0.29, 0.717) is 24.2 Å². The van der Waals surface area contributed by atoms with E-state index < -0.39 is 53.0 Å². The van der Waals surface area contributed by atoms with Gasteiger partial charge in [0.1, 0.15) is 28.6 Å². The summed E-state index contributed by atoms with van der Waals surface area (Å²) in [5.41, 5.74) is -0.788. The quantitative estimate of drug-likeness (QED) is 0.223. The number of amides is 1. The van der Waals surface area contributed by atoms with Gasteiger partial charge >= 0.3 is 12.3 Å². The van der Waals surface area contributed by atoms with E-state index in [9.17, 15) is 31.1 Å². The number of carbonyl (C=O) groups is 1. The maximum Gasteiger partial charge on any atom is 0.418 e. The Labute approximate surface area is 250 Å². The molecule has 2 heterocycles. The lowest BCUT2D eigenvalue weighted by atomic mass is 9.96. The smallest absolute Gasteiger partial charge is 0.418 e. The second-order valence-electron chi connectivity index (χ2n) is 11.9. The van der Waals surface area contributed by atoms with Gasteiger partial charge in [0.2, 0.25) is 0 Å². The molecule has 1 aromatic heterocycles. The first-order valence-corrected chi connectivity index (χ1v) is 14.2. The molecular weight excluding hydrogens is 586 g/mol. The molecule has 6 nitrogen and oxygen atoms in total. The van der Waals surface area contributed by atoms with Gasteiger partial charge in [0.25, 0.3) is 0 Å². The molecule has 0 spiro atoms. The zero-order valence-corrected chi connectivity index (χ0v) is 24.4. The van der Waals surface area contributed by atoms with Gasteiger partial charge in [-0.15, -0.1) is 0 Å². The lowest BCUT2D eigenvalue weighted by Crippen LogP contribution is -2.40. The monoisotopic (exact) mass is 618 g/mol. The van der Waals surface area contributed by atoms with Crippen LogP contribution in [0.2, 0.25) is 0 Å². The van der Waals surface area contributed by atoms with Crippen molar-refractivity contribution in [3.8, 4) is 11.3 Å². The van der Waals surface area contributed by atoms with E-state index in [2.05, 4.69) is 15.3 Å². The standard InChI is InChI=1S/C32H32F6N4O2/c1-31(2,3)44-30(43)39-17-19-11-13-41(14-12-19)22-9-7-20(8-10-22)29-23-5-4-6-25(32(36,37)38)28(23)40-42(29)18-24-26(34)15-21(33)16-27(24)35/h4-10,15-16,19H,11-14,17-18H2,1-3H3,(H,39,43). The Morgan fingerprint density at radius 3 is 2.20 bits per heavy atom. The van der Waals surface area contributed by atoms with Crippen molar-refractivity contribution in [3.63, 3.8) is 0 Å². The molecule has 1 aliphatic heterocycles. The molecule has 0 saturated carbocycles. The molecule has 0 bridgehead atoms. The highest BCUT2D eigenvalue weighted by Crippen LogP contribution is 2.39. The van der Waals surface area contributed by atoms with Crippen LogP contribution in [0.3, 0.4) is 0 Å². The van der Waals surface area contributed by atoms with E-state index >= 15 is 0 Å². The van der Waals surface area contributed by atoms with Gasteiger partial charge in [-0.3, -0.25) is 4.68 Å². The molecule has 0 unspecified atom stereocenters. The second kappa shape index (κ2) is 12.0. The van der Waals surface area contributed by atoms with Crippen molar-refractivity contribution in [1.29, 1.82) is 0 Å². The van der Waals surface area contributed by atoms with Gasteiger partial charge in [0, 0.05) is 54.0 Å². The van der Waals surface area contributed by atoms with Crippen LogP contribution in [0.4, 0.5) is 36.8 Å². The number of alkyl carbamates (subject to hydrolysis) is 1. The zero-order chi connectivity index (χ0) is 31.8. The number of ether oxygens (including phenoxy) is 1. The second-order valence-corrected chi connectivity index (χ2v) is 11.9. The number of rotatable bonds is 6. The van der Waals surface area contributed by atoms with Gasteiger partial charge in [0.05, 0.1) is 17.8 Å². The van der Waals surface area contributed by atoms with E-state index in [1.807, 2.05) is 12.1 Å². The average Bonchev–Trinajstić information content (AvgIpc) is 3.31. The molecule has 3 aromatic carbocycles. The summed E-state index contributed by atoms with van der Waals surface area (Å²) in [4.78, 5) is 14.2. The van der Waals surface area contributed by atoms with Crippen LogP contribution >= 0.6 is 0 Å². The molecule has 1 N–H and O–H groups in total. The number of aromatic nitrogens is 2. The van der Waals surface area contributed by atoms with Crippen LogP contribution in [0, 0.1) is 23.4 Å². The number of nitrogens with one attached hydrogen (secondary N) is 1. The molecular formula is C32H32F6N4O2. The van der Waals surface area contributed by atoms with Crippen molar-refractivity contribution >= 4 is 22.7 Å². The number of carbonyl (C=O) groups excluding carboxylic acids is 1. The Kier molecular flexibility index (Phi) is 8.55. The fourth-order valence-electron chi connectivity index (χ4n) is 5.44. The van der Waals surface area contributed by atoms with Crippen LogP contribution in [0.5, 0.6) is 0 Å². The van der Waals surface area contributed by atoms with Gasteiger partial charge in [-0.1, -0.05) is 24.3 Å². The Bertz CT molecular complexity index is 1630. The van der Waals surface area contributed by atoms with Gasteiger partial charge in [-0.2, -0.15) is 18.3 Å². The van der Waals surface area contributed by atoms with E-state index in [4.69, 9.17) is 4.74 Å². The summed E-state index contributed by atoms with van der Waals surface area (Å²) >= 11 is 0. The fraction of sp³-hybridized carbons (Fsp3) is 0.375. The number of halogens is 6. The fourth-order valence-corrected chi connectivity index (χ4v) is 5.44. The van der Waals surface area contributed by atoms with Crippen LogP contribution in [0.25, 0.3) is 22.2 Å². The van der Waals surface area contributed by atoms with Crippen molar-refractivity contribution in [2.24, 2.45) is 5.92 Å². The minimum absolute atomic E-state index is 0.161. The molecule has 0 radical (unpaired) electrons. The highest BCUT2D eigenvalue weighted by molar-refractivity contribution is 5.95. The summed E-state index contributed by atoms with van der Waals surface area (Å²) in [5.74, 6) is -3.14. The molecule has 4 aromatic rings. The number of hydrogen-bond acceptors (Lipinski definition) is 4. The van der Waals surface area contributed by atoms with Crippen molar-refractivity contribution in [2.45, 2.75) is 51.9 Å². The third kappa shape index (κ3) is 6.95. The minimum Gasteiger partial charge on any atom is -0.444 e. The average molecular weight is 619 g/mol. The number of fused-ring (bicyclic) bond motifs is 1.